The Labute approximate surface area is 157 Å². The zero-order valence-electron chi connectivity index (χ0n) is 16.0. The summed E-state index contributed by atoms with van der Waals surface area (Å²) >= 11 is 0. The van der Waals surface area contributed by atoms with Crippen molar-refractivity contribution in [2.75, 3.05) is 39.4 Å². The number of halogens is 3. The smallest absolute Gasteiger partial charge is 0.389 e. The monoisotopic (exact) mass is 388 g/mol. The highest BCUT2D eigenvalue weighted by atomic mass is 19.4. The van der Waals surface area contributed by atoms with Crippen LogP contribution in [0.3, 0.4) is 0 Å². The Morgan fingerprint density at radius 3 is 2.41 bits per heavy atom. The van der Waals surface area contributed by atoms with Crippen LogP contribution in [0.4, 0.5) is 13.2 Å². The molecule has 9 heteroatoms. The minimum atomic E-state index is -4.41. The van der Waals surface area contributed by atoms with Crippen LogP contribution in [-0.4, -0.2) is 83.0 Å². The maximum Gasteiger partial charge on any atom is 0.408 e. The summed E-state index contributed by atoms with van der Waals surface area (Å²) in [6.45, 7) is 11.4. The number of morpholine rings is 1. The molecule has 0 bridgehead atoms. The molecule has 3 aliphatic heterocycles. The van der Waals surface area contributed by atoms with E-state index in [1.165, 1.54) is 18.7 Å². The minimum absolute atomic E-state index is 0.0994. The van der Waals surface area contributed by atoms with Gasteiger partial charge in [-0.25, -0.2) is 0 Å². The molecule has 6 nitrogen and oxygen atoms in total. The van der Waals surface area contributed by atoms with Crippen molar-refractivity contribution < 1.29 is 23.0 Å². The van der Waals surface area contributed by atoms with Crippen molar-refractivity contribution in [2.45, 2.75) is 45.0 Å². The van der Waals surface area contributed by atoms with E-state index in [9.17, 15) is 18.3 Å². The van der Waals surface area contributed by atoms with Crippen molar-refractivity contribution in [3.05, 3.63) is 23.7 Å². The van der Waals surface area contributed by atoms with Crippen LogP contribution in [0.1, 0.15) is 27.2 Å². The van der Waals surface area contributed by atoms with Crippen molar-refractivity contribution in [2.24, 2.45) is 4.99 Å². The fraction of sp³-hybridized carbons (Fsp3) is 0.722. The van der Waals surface area contributed by atoms with Crippen LogP contribution < -0.4 is 0 Å². The summed E-state index contributed by atoms with van der Waals surface area (Å²) in [5.74, 6) is 0.848. The lowest BCUT2D eigenvalue weighted by atomic mass is 10.0. The molecule has 2 fully saturated rings. The van der Waals surface area contributed by atoms with E-state index >= 15 is 0 Å². The van der Waals surface area contributed by atoms with E-state index in [2.05, 4.69) is 11.6 Å². The number of aliphatic imine (C=N–C) groups is 1. The van der Waals surface area contributed by atoms with Crippen LogP contribution in [0.5, 0.6) is 0 Å². The van der Waals surface area contributed by atoms with E-state index in [0.29, 0.717) is 37.8 Å². The number of alkyl halides is 3. The molecule has 2 saturated heterocycles. The van der Waals surface area contributed by atoms with Gasteiger partial charge in [-0.05, 0) is 27.2 Å². The molecule has 0 aromatic heterocycles. The predicted molar refractivity (Wildman–Crippen MR) is 95.8 cm³/mol. The summed E-state index contributed by atoms with van der Waals surface area (Å²) in [4.78, 5) is 9.57. The third-order valence-corrected chi connectivity index (χ3v) is 5.05. The third-order valence-electron chi connectivity index (χ3n) is 5.05. The molecular formula is C18H27F3N4O2. The van der Waals surface area contributed by atoms with Gasteiger partial charge in [-0.2, -0.15) is 18.2 Å². The second kappa shape index (κ2) is 7.01. The maximum absolute atomic E-state index is 13.7. The van der Waals surface area contributed by atoms with Gasteiger partial charge in [0.15, 0.2) is 0 Å². The van der Waals surface area contributed by atoms with Crippen LogP contribution in [0.15, 0.2) is 28.7 Å². The first-order chi connectivity index (χ1) is 12.5. The SMILES string of the molecule is C=C1C(C)=C(N2CCOCC2)N=C2N1CC[C@@H](C(F)(F)F)N2CC(C)(C)O. The van der Waals surface area contributed by atoms with Gasteiger partial charge < -0.3 is 24.5 Å². The lowest BCUT2D eigenvalue weighted by Crippen LogP contribution is -2.62. The van der Waals surface area contributed by atoms with Crippen molar-refractivity contribution in [1.82, 2.24) is 14.7 Å². The Morgan fingerprint density at radius 1 is 1.22 bits per heavy atom. The van der Waals surface area contributed by atoms with E-state index in [0.717, 1.165) is 5.57 Å². The van der Waals surface area contributed by atoms with E-state index in [-0.39, 0.29) is 25.5 Å². The molecule has 0 aromatic rings. The molecule has 0 saturated carbocycles. The lowest BCUT2D eigenvalue weighted by molar-refractivity contribution is -0.184. The fourth-order valence-corrected chi connectivity index (χ4v) is 3.71. The first-order valence-corrected chi connectivity index (χ1v) is 9.14. The van der Waals surface area contributed by atoms with Gasteiger partial charge in [-0.3, -0.25) is 0 Å². The van der Waals surface area contributed by atoms with Crippen LogP contribution in [-0.2, 0) is 4.74 Å². The average molecular weight is 388 g/mol. The molecule has 0 aliphatic carbocycles. The Kier molecular flexibility index (Phi) is 5.20. The predicted octanol–water partition coefficient (Wildman–Crippen LogP) is 2.14. The molecule has 0 aromatic carbocycles. The molecule has 3 aliphatic rings. The molecular weight excluding hydrogens is 361 g/mol. The average Bonchev–Trinajstić information content (AvgIpc) is 2.56. The zero-order valence-corrected chi connectivity index (χ0v) is 16.0. The molecule has 1 atom stereocenters. The van der Waals surface area contributed by atoms with E-state index in [1.807, 2.05) is 11.8 Å². The van der Waals surface area contributed by atoms with Gasteiger partial charge in [0.25, 0.3) is 0 Å². The van der Waals surface area contributed by atoms with Gasteiger partial charge in [0.1, 0.15) is 11.9 Å². The molecule has 0 spiro atoms. The van der Waals surface area contributed by atoms with Gasteiger partial charge in [0.2, 0.25) is 5.96 Å². The first-order valence-electron chi connectivity index (χ1n) is 9.14. The second-order valence-corrected chi connectivity index (χ2v) is 7.84. The van der Waals surface area contributed by atoms with Crippen molar-refractivity contribution in [1.29, 1.82) is 0 Å². The van der Waals surface area contributed by atoms with Crippen LogP contribution in [0, 0.1) is 0 Å². The zero-order chi connectivity index (χ0) is 20.0. The summed E-state index contributed by atoms with van der Waals surface area (Å²) < 4.78 is 46.4. The minimum Gasteiger partial charge on any atom is -0.389 e. The van der Waals surface area contributed by atoms with Gasteiger partial charge >= 0.3 is 6.18 Å². The lowest BCUT2D eigenvalue weighted by Gasteiger charge is -2.49. The molecule has 0 unspecified atom stereocenters. The number of aliphatic hydroxyl groups is 1. The number of rotatable bonds is 3. The first kappa shape index (κ1) is 20.0. The molecule has 3 heterocycles. The Hall–Kier alpha value is -1.74. The third kappa shape index (κ3) is 4.08. The Bertz CT molecular complexity index is 660. The fourth-order valence-electron chi connectivity index (χ4n) is 3.71. The number of guanidine groups is 1. The quantitative estimate of drug-likeness (QED) is 0.803. The molecule has 0 radical (unpaired) electrons. The summed E-state index contributed by atoms with van der Waals surface area (Å²) in [6.07, 6.45) is -4.51. The van der Waals surface area contributed by atoms with E-state index in [4.69, 9.17) is 4.74 Å². The number of fused-ring (bicyclic) bond motifs is 1. The maximum atomic E-state index is 13.7. The summed E-state index contributed by atoms with van der Waals surface area (Å²) in [5, 5.41) is 10.2. The van der Waals surface area contributed by atoms with Gasteiger partial charge in [-0.15, -0.1) is 0 Å². The standard InChI is InChI=1S/C18H27F3N4O2/c1-12-13(2)24-6-5-14(18(19,20)21)25(11-17(3,4)26)16(24)22-15(12)23-7-9-27-10-8-23/h14,26H,2,5-11H2,1,3-4H3/t14-/m0/s1. The topological polar surface area (TPSA) is 51.5 Å². The number of allylic oxidation sites excluding steroid dienone is 1. The van der Waals surface area contributed by atoms with Gasteiger partial charge in [0.05, 0.1) is 18.8 Å². The number of β-amino-alcohol motifs (C(OH)–C–C–N with tert-alkyl or cyclic N) is 1. The summed E-state index contributed by atoms with van der Waals surface area (Å²) in [7, 11) is 0. The number of hydrogen-bond donors (Lipinski definition) is 1. The Morgan fingerprint density at radius 2 is 1.85 bits per heavy atom. The molecule has 1 N–H and O–H groups in total. The highest BCUT2D eigenvalue weighted by Crippen LogP contribution is 2.37. The summed E-state index contributed by atoms with van der Waals surface area (Å²) in [5.41, 5.74) is 0.211. The van der Waals surface area contributed by atoms with Gasteiger partial charge in [-0.1, -0.05) is 6.58 Å². The van der Waals surface area contributed by atoms with Crippen molar-refractivity contribution in [3.63, 3.8) is 0 Å². The molecule has 27 heavy (non-hydrogen) atoms. The molecule has 152 valence electrons. The van der Waals surface area contributed by atoms with Crippen molar-refractivity contribution >= 4 is 5.96 Å². The van der Waals surface area contributed by atoms with E-state index < -0.39 is 17.8 Å². The highest BCUT2D eigenvalue weighted by Gasteiger charge is 2.50. The normalized spacial score (nSPS) is 25.0. The number of ether oxygens (including phenoxy) is 1. The second-order valence-electron chi connectivity index (χ2n) is 7.84. The summed E-state index contributed by atoms with van der Waals surface area (Å²) in [6, 6.07) is -1.68. The van der Waals surface area contributed by atoms with Crippen LogP contribution >= 0.6 is 0 Å². The number of nitrogens with zero attached hydrogens (tertiary/aromatic N) is 4. The van der Waals surface area contributed by atoms with Crippen LogP contribution in [0.2, 0.25) is 0 Å². The largest absolute Gasteiger partial charge is 0.408 e. The number of hydrogen-bond acceptors (Lipinski definition) is 6. The van der Waals surface area contributed by atoms with Gasteiger partial charge in [0, 0.05) is 37.4 Å². The van der Waals surface area contributed by atoms with E-state index in [1.54, 1.807) is 4.90 Å². The highest BCUT2D eigenvalue weighted by molar-refractivity contribution is 5.86. The van der Waals surface area contributed by atoms with Crippen molar-refractivity contribution in [3.8, 4) is 0 Å². The van der Waals surface area contributed by atoms with Crippen LogP contribution in [0.25, 0.3) is 0 Å². The molecule has 0 amide bonds. The Balaban J connectivity index is 2.02. The molecule has 3 rings (SSSR count).